The number of furan rings is 1. The molecule has 0 radical (unpaired) electrons. The molecule has 33 heavy (non-hydrogen) atoms. The minimum atomic E-state index is -3.92. The van der Waals surface area contributed by atoms with Gasteiger partial charge < -0.3 is 18.9 Å². The van der Waals surface area contributed by atoms with Crippen LogP contribution in [0.5, 0.6) is 0 Å². The predicted octanol–water partition coefficient (Wildman–Crippen LogP) is 2.55. The highest BCUT2D eigenvalue weighted by Crippen LogP contribution is 2.27. The number of amides is 1. The Hall–Kier alpha value is -3.51. The minimum absolute atomic E-state index is 0.153. The number of esters is 1. The van der Waals surface area contributed by atoms with Crippen LogP contribution in [0.25, 0.3) is 11.5 Å². The molecule has 1 amide bonds. The second kappa shape index (κ2) is 9.55. The van der Waals surface area contributed by atoms with Crippen molar-refractivity contribution in [1.82, 2.24) is 14.5 Å². The lowest BCUT2D eigenvalue weighted by atomic mass is 9.97. The molecular formula is C21H22N4O7S. The highest BCUT2D eigenvalue weighted by atomic mass is 32.2. The van der Waals surface area contributed by atoms with Gasteiger partial charge in [0.15, 0.2) is 0 Å². The third-order valence-corrected chi connectivity index (χ3v) is 7.01. The molecule has 4 rings (SSSR count). The van der Waals surface area contributed by atoms with Crippen LogP contribution in [0.3, 0.4) is 0 Å². The highest BCUT2D eigenvalue weighted by Gasteiger charge is 2.34. The summed E-state index contributed by atoms with van der Waals surface area (Å²) >= 11 is 0. The van der Waals surface area contributed by atoms with Gasteiger partial charge in [-0.1, -0.05) is 0 Å². The van der Waals surface area contributed by atoms with Gasteiger partial charge in [0.25, 0.3) is 10.0 Å². The van der Waals surface area contributed by atoms with E-state index in [1.54, 1.807) is 31.2 Å². The summed E-state index contributed by atoms with van der Waals surface area (Å²) in [7, 11) is -3.92. The van der Waals surface area contributed by atoms with Gasteiger partial charge in [0, 0.05) is 30.3 Å². The molecular weight excluding hydrogens is 452 g/mol. The topological polar surface area (TPSA) is 145 Å². The van der Waals surface area contributed by atoms with Crippen LogP contribution in [-0.2, 0) is 19.6 Å². The Labute approximate surface area is 189 Å². The first-order valence-electron chi connectivity index (χ1n) is 10.3. The maximum Gasteiger partial charge on any atom is 0.374 e. The van der Waals surface area contributed by atoms with E-state index < -0.39 is 16.0 Å². The summed E-state index contributed by atoms with van der Waals surface area (Å²) < 4.78 is 42.1. The van der Waals surface area contributed by atoms with E-state index in [1.165, 1.54) is 22.8 Å². The fourth-order valence-electron chi connectivity index (χ4n) is 3.50. The zero-order valence-electron chi connectivity index (χ0n) is 17.8. The van der Waals surface area contributed by atoms with Crippen LogP contribution < -0.4 is 5.32 Å². The monoisotopic (exact) mass is 474 g/mol. The molecule has 11 nitrogen and oxygen atoms in total. The SMILES string of the molecule is CCOC(=O)c1ccc(S(=O)(=O)N2CCC(C(=O)Nc3ccc(-c4nnco4)cc3)CC2)o1. The lowest BCUT2D eigenvalue weighted by Gasteiger charge is -2.29. The maximum absolute atomic E-state index is 12.8. The summed E-state index contributed by atoms with van der Waals surface area (Å²) in [4.78, 5) is 24.4. The van der Waals surface area contributed by atoms with Gasteiger partial charge in [-0.15, -0.1) is 10.2 Å². The fraction of sp³-hybridized carbons (Fsp3) is 0.333. The third kappa shape index (κ3) is 4.96. The quantitative estimate of drug-likeness (QED) is 0.511. The van der Waals surface area contributed by atoms with Crippen molar-refractivity contribution in [2.45, 2.75) is 24.9 Å². The molecule has 3 heterocycles. The first-order valence-corrected chi connectivity index (χ1v) is 11.8. The number of ether oxygens (including phenoxy) is 1. The van der Waals surface area contributed by atoms with Crippen LogP contribution in [-0.4, -0.2) is 54.5 Å². The predicted molar refractivity (Wildman–Crippen MR) is 115 cm³/mol. The van der Waals surface area contributed by atoms with Crippen molar-refractivity contribution in [3.63, 3.8) is 0 Å². The maximum atomic E-state index is 12.8. The number of anilines is 1. The van der Waals surface area contributed by atoms with E-state index in [0.29, 0.717) is 24.4 Å². The second-order valence-corrected chi connectivity index (χ2v) is 9.20. The van der Waals surface area contributed by atoms with E-state index in [0.717, 1.165) is 5.56 Å². The second-order valence-electron chi connectivity index (χ2n) is 7.33. The first kappa shape index (κ1) is 22.7. The van der Waals surface area contributed by atoms with Crippen LogP contribution in [0, 0.1) is 5.92 Å². The van der Waals surface area contributed by atoms with Crippen molar-refractivity contribution in [3.8, 4) is 11.5 Å². The Morgan fingerprint density at radius 2 is 1.88 bits per heavy atom. The van der Waals surface area contributed by atoms with Crippen molar-refractivity contribution in [2.24, 2.45) is 5.92 Å². The molecule has 12 heteroatoms. The van der Waals surface area contributed by atoms with E-state index in [2.05, 4.69) is 15.5 Å². The molecule has 1 saturated heterocycles. The number of nitrogens with one attached hydrogen (secondary N) is 1. The molecule has 174 valence electrons. The van der Waals surface area contributed by atoms with Gasteiger partial charge in [-0.05, 0) is 56.2 Å². The molecule has 0 bridgehead atoms. The summed E-state index contributed by atoms with van der Waals surface area (Å²) in [6.45, 7) is 2.11. The number of rotatable bonds is 7. The zero-order chi connectivity index (χ0) is 23.4. The summed E-state index contributed by atoms with van der Waals surface area (Å²) in [5.41, 5.74) is 1.34. The van der Waals surface area contributed by atoms with Crippen molar-refractivity contribution in [3.05, 3.63) is 48.6 Å². The molecule has 0 spiro atoms. The minimum Gasteiger partial charge on any atom is -0.460 e. The van der Waals surface area contributed by atoms with Crippen molar-refractivity contribution in [1.29, 1.82) is 0 Å². The molecule has 1 aromatic carbocycles. The van der Waals surface area contributed by atoms with Gasteiger partial charge in [0.2, 0.25) is 29.0 Å². The number of carbonyl (C=O) groups excluding carboxylic acids is 2. The zero-order valence-corrected chi connectivity index (χ0v) is 18.6. The number of aromatic nitrogens is 2. The van der Waals surface area contributed by atoms with Crippen molar-refractivity contribution >= 4 is 27.6 Å². The van der Waals surface area contributed by atoms with Crippen LogP contribution in [0.15, 0.2) is 56.7 Å². The Balaban J connectivity index is 1.33. The van der Waals surface area contributed by atoms with Gasteiger partial charge >= 0.3 is 5.97 Å². The number of hydrogen-bond acceptors (Lipinski definition) is 9. The Bertz CT molecular complexity index is 1210. The summed E-state index contributed by atoms with van der Waals surface area (Å²) in [5.74, 6) is -1.03. The summed E-state index contributed by atoms with van der Waals surface area (Å²) in [5, 5.41) is 9.99. The highest BCUT2D eigenvalue weighted by molar-refractivity contribution is 7.89. The largest absolute Gasteiger partial charge is 0.460 e. The summed E-state index contributed by atoms with van der Waals surface area (Å²) in [6, 6.07) is 9.48. The number of sulfonamides is 1. The normalized spacial score (nSPS) is 15.3. The van der Waals surface area contributed by atoms with Crippen LogP contribution >= 0.6 is 0 Å². The van der Waals surface area contributed by atoms with E-state index in [4.69, 9.17) is 13.6 Å². The lowest BCUT2D eigenvalue weighted by Crippen LogP contribution is -2.41. The van der Waals surface area contributed by atoms with Crippen LogP contribution in [0.1, 0.15) is 30.3 Å². The van der Waals surface area contributed by atoms with Gasteiger partial charge in [0.05, 0.1) is 6.61 Å². The number of carbonyl (C=O) groups is 2. The molecule has 2 aromatic heterocycles. The molecule has 0 atom stereocenters. The Morgan fingerprint density at radius 3 is 2.52 bits per heavy atom. The summed E-state index contributed by atoms with van der Waals surface area (Å²) in [6.07, 6.45) is 1.95. The van der Waals surface area contributed by atoms with E-state index in [9.17, 15) is 18.0 Å². The van der Waals surface area contributed by atoms with Crippen LogP contribution in [0.2, 0.25) is 0 Å². The number of nitrogens with zero attached hydrogens (tertiary/aromatic N) is 3. The Morgan fingerprint density at radius 1 is 1.15 bits per heavy atom. The van der Waals surface area contributed by atoms with Crippen LogP contribution in [0.4, 0.5) is 5.69 Å². The molecule has 3 aromatic rings. The molecule has 0 unspecified atom stereocenters. The molecule has 1 fully saturated rings. The average molecular weight is 474 g/mol. The van der Waals surface area contributed by atoms with E-state index in [-0.39, 0.29) is 42.4 Å². The van der Waals surface area contributed by atoms with Gasteiger partial charge in [-0.2, -0.15) is 4.31 Å². The average Bonchev–Trinajstić information content (AvgIpc) is 3.53. The smallest absolute Gasteiger partial charge is 0.374 e. The van der Waals surface area contributed by atoms with Gasteiger partial charge in [-0.3, -0.25) is 4.79 Å². The Kier molecular flexibility index (Phi) is 6.56. The van der Waals surface area contributed by atoms with Crippen molar-refractivity contribution in [2.75, 3.05) is 25.0 Å². The third-order valence-electron chi connectivity index (χ3n) is 5.24. The number of benzene rings is 1. The standard InChI is InChI=1S/C21H22N4O7S/c1-2-30-21(27)17-7-8-18(32-17)33(28,29)25-11-9-14(10-12-25)19(26)23-16-5-3-15(4-6-16)20-24-22-13-31-20/h3-8,13-14H,2,9-12H2,1H3,(H,23,26). The molecule has 1 aliphatic rings. The molecule has 0 saturated carbocycles. The van der Waals surface area contributed by atoms with Gasteiger partial charge in [-0.25, -0.2) is 13.2 Å². The van der Waals surface area contributed by atoms with Gasteiger partial charge in [0.1, 0.15) is 0 Å². The number of hydrogen-bond donors (Lipinski definition) is 1. The van der Waals surface area contributed by atoms with Crippen molar-refractivity contribution < 1.29 is 31.6 Å². The molecule has 1 N–H and O–H groups in total. The van der Waals surface area contributed by atoms with E-state index >= 15 is 0 Å². The number of piperidine rings is 1. The van der Waals surface area contributed by atoms with E-state index in [1.807, 2.05) is 0 Å². The fourth-order valence-corrected chi connectivity index (χ4v) is 4.88. The molecule has 1 aliphatic heterocycles. The molecule has 0 aliphatic carbocycles. The first-order chi connectivity index (χ1) is 15.9. The lowest BCUT2D eigenvalue weighted by molar-refractivity contribution is -0.120.